The molecule has 0 bridgehead atoms. The highest BCUT2D eigenvalue weighted by Gasteiger charge is 2.03. The van der Waals surface area contributed by atoms with Crippen molar-refractivity contribution in [1.29, 1.82) is 0 Å². The first-order valence-electron chi connectivity index (χ1n) is 4.98. The minimum absolute atomic E-state index is 0. The molecule has 1 aromatic carbocycles. The fraction of sp³-hybridized carbons (Fsp3) is 0.364. The molecule has 16 heavy (non-hydrogen) atoms. The number of carbonyl (C=O) groups excluding carboxylic acids is 1. The first-order valence-corrected chi connectivity index (χ1v) is 5.36. The van der Waals surface area contributed by atoms with Crippen LogP contribution < -0.4 is 10.6 Å². The van der Waals surface area contributed by atoms with Gasteiger partial charge in [-0.1, -0.05) is 24.6 Å². The van der Waals surface area contributed by atoms with Gasteiger partial charge < -0.3 is 10.6 Å². The van der Waals surface area contributed by atoms with Crippen molar-refractivity contribution >= 4 is 29.9 Å². The number of hydrogen-bond acceptors (Lipinski definition) is 2. The largest absolute Gasteiger partial charge is 0.351 e. The molecule has 0 spiro atoms. The molecule has 0 aromatic heterocycles. The molecule has 0 atom stereocenters. The van der Waals surface area contributed by atoms with Crippen molar-refractivity contribution < 1.29 is 4.79 Å². The lowest BCUT2D eigenvalue weighted by atomic mass is 10.2. The van der Waals surface area contributed by atoms with Gasteiger partial charge in [-0.05, 0) is 24.7 Å². The first kappa shape index (κ1) is 15.2. The van der Waals surface area contributed by atoms with Crippen molar-refractivity contribution in [2.45, 2.75) is 6.92 Å². The predicted molar refractivity (Wildman–Crippen MR) is 69.6 cm³/mol. The molecule has 0 fully saturated rings. The van der Waals surface area contributed by atoms with E-state index in [2.05, 4.69) is 10.6 Å². The van der Waals surface area contributed by atoms with Gasteiger partial charge in [-0.25, -0.2) is 0 Å². The number of nitrogens with one attached hydrogen (secondary N) is 2. The minimum atomic E-state index is -0.0876. The summed E-state index contributed by atoms with van der Waals surface area (Å²) in [5.41, 5.74) is 0.596. The highest BCUT2D eigenvalue weighted by molar-refractivity contribution is 6.30. The smallest absolute Gasteiger partial charge is 0.251 e. The van der Waals surface area contributed by atoms with Gasteiger partial charge in [0, 0.05) is 23.7 Å². The number of benzene rings is 1. The van der Waals surface area contributed by atoms with E-state index >= 15 is 0 Å². The van der Waals surface area contributed by atoms with E-state index in [4.69, 9.17) is 11.6 Å². The van der Waals surface area contributed by atoms with Crippen LogP contribution in [-0.4, -0.2) is 25.5 Å². The van der Waals surface area contributed by atoms with Crippen molar-refractivity contribution in [1.82, 2.24) is 10.6 Å². The molecule has 2 N–H and O–H groups in total. The summed E-state index contributed by atoms with van der Waals surface area (Å²) >= 11 is 5.78. The molecular formula is C11H16Cl2N2O. The molecule has 0 heterocycles. The molecule has 3 nitrogen and oxygen atoms in total. The summed E-state index contributed by atoms with van der Waals surface area (Å²) in [6.45, 7) is 4.34. The van der Waals surface area contributed by atoms with Gasteiger partial charge in [-0.15, -0.1) is 12.4 Å². The molecule has 0 unspecified atom stereocenters. The van der Waals surface area contributed by atoms with Crippen LogP contribution in [0.25, 0.3) is 0 Å². The molecule has 1 amide bonds. The Bertz CT molecular complexity index is 332. The molecule has 5 heteroatoms. The third-order valence-corrected chi connectivity index (χ3v) is 2.16. The van der Waals surface area contributed by atoms with Crippen molar-refractivity contribution in [2.75, 3.05) is 19.6 Å². The fourth-order valence-corrected chi connectivity index (χ4v) is 1.36. The zero-order valence-electron chi connectivity index (χ0n) is 9.13. The molecule has 0 saturated carbocycles. The van der Waals surface area contributed by atoms with Gasteiger partial charge in [0.25, 0.3) is 5.91 Å². The summed E-state index contributed by atoms with van der Waals surface area (Å²) in [4.78, 5) is 11.6. The third kappa shape index (κ3) is 5.35. The maximum atomic E-state index is 11.6. The summed E-state index contributed by atoms with van der Waals surface area (Å²) in [6, 6.07) is 6.91. The van der Waals surface area contributed by atoms with Gasteiger partial charge in [0.05, 0.1) is 0 Å². The Kier molecular flexibility index (Phi) is 7.99. The summed E-state index contributed by atoms with van der Waals surface area (Å²) in [6.07, 6.45) is 0. The van der Waals surface area contributed by atoms with Crippen molar-refractivity contribution in [3.8, 4) is 0 Å². The second kappa shape index (κ2) is 8.39. The highest BCUT2D eigenvalue weighted by Crippen LogP contribution is 2.10. The molecule has 0 radical (unpaired) electrons. The Labute approximate surface area is 107 Å². The summed E-state index contributed by atoms with van der Waals surface area (Å²) < 4.78 is 0. The fourth-order valence-electron chi connectivity index (χ4n) is 1.17. The van der Waals surface area contributed by atoms with E-state index in [9.17, 15) is 4.79 Å². The standard InChI is InChI=1S/C11H15ClN2O.ClH/c1-2-13-6-7-14-11(15)9-4-3-5-10(12)8-9;/h3-5,8,13H,2,6-7H2,1H3,(H,14,15);1H. The lowest BCUT2D eigenvalue weighted by molar-refractivity contribution is 0.0954. The Balaban J connectivity index is 0.00000225. The predicted octanol–water partition coefficient (Wildman–Crippen LogP) is 2.10. The molecule has 0 aliphatic rings. The zero-order valence-corrected chi connectivity index (χ0v) is 10.7. The molecule has 0 aliphatic carbocycles. The summed E-state index contributed by atoms with van der Waals surface area (Å²) in [7, 11) is 0. The van der Waals surface area contributed by atoms with Gasteiger partial charge in [-0.2, -0.15) is 0 Å². The van der Waals surface area contributed by atoms with E-state index in [1.54, 1.807) is 24.3 Å². The number of carbonyl (C=O) groups is 1. The lowest BCUT2D eigenvalue weighted by Gasteiger charge is -2.05. The lowest BCUT2D eigenvalue weighted by Crippen LogP contribution is -2.31. The van der Waals surface area contributed by atoms with Gasteiger partial charge in [-0.3, -0.25) is 4.79 Å². The second-order valence-electron chi connectivity index (χ2n) is 3.12. The van der Waals surface area contributed by atoms with Gasteiger partial charge in [0.1, 0.15) is 0 Å². The van der Waals surface area contributed by atoms with Crippen molar-refractivity contribution in [3.63, 3.8) is 0 Å². The number of hydrogen-bond donors (Lipinski definition) is 2. The van der Waals surface area contributed by atoms with E-state index in [1.807, 2.05) is 6.92 Å². The van der Waals surface area contributed by atoms with Crippen LogP contribution in [0.4, 0.5) is 0 Å². The molecule has 90 valence electrons. The average Bonchev–Trinajstić information content (AvgIpc) is 2.24. The maximum absolute atomic E-state index is 11.6. The van der Waals surface area contributed by atoms with E-state index in [-0.39, 0.29) is 18.3 Å². The van der Waals surface area contributed by atoms with Gasteiger partial charge in [0.2, 0.25) is 0 Å². The van der Waals surface area contributed by atoms with Crippen LogP contribution in [0.1, 0.15) is 17.3 Å². The van der Waals surface area contributed by atoms with E-state index in [0.29, 0.717) is 17.1 Å². The number of halogens is 2. The summed E-state index contributed by atoms with van der Waals surface area (Å²) in [5.74, 6) is -0.0876. The highest BCUT2D eigenvalue weighted by atomic mass is 35.5. The molecule has 1 rings (SSSR count). The Hall–Kier alpha value is -0.770. The third-order valence-electron chi connectivity index (χ3n) is 1.92. The Morgan fingerprint density at radius 1 is 1.38 bits per heavy atom. The second-order valence-corrected chi connectivity index (χ2v) is 3.56. The Morgan fingerprint density at radius 3 is 2.75 bits per heavy atom. The quantitative estimate of drug-likeness (QED) is 0.799. The van der Waals surface area contributed by atoms with Crippen molar-refractivity contribution in [2.24, 2.45) is 0 Å². The van der Waals surface area contributed by atoms with Crippen LogP contribution in [0.2, 0.25) is 5.02 Å². The van der Waals surface area contributed by atoms with E-state index < -0.39 is 0 Å². The van der Waals surface area contributed by atoms with Crippen molar-refractivity contribution in [3.05, 3.63) is 34.9 Å². The molecule has 0 saturated heterocycles. The summed E-state index contributed by atoms with van der Waals surface area (Å²) in [5, 5.41) is 6.50. The van der Waals surface area contributed by atoms with Crippen LogP contribution >= 0.6 is 24.0 Å². The maximum Gasteiger partial charge on any atom is 0.251 e. The number of amides is 1. The average molecular weight is 263 g/mol. The first-order chi connectivity index (χ1) is 7.24. The van der Waals surface area contributed by atoms with E-state index in [1.165, 1.54) is 0 Å². The number of likely N-dealkylation sites (N-methyl/N-ethyl adjacent to an activating group) is 1. The topological polar surface area (TPSA) is 41.1 Å². The number of rotatable bonds is 5. The van der Waals surface area contributed by atoms with Crippen LogP contribution in [-0.2, 0) is 0 Å². The zero-order chi connectivity index (χ0) is 11.1. The van der Waals surface area contributed by atoms with Gasteiger partial charge in [0.15, 0.2) is 0 Å². The molecule has 0 aliphatic heterocycles. The molecular weight excluding hydrogens is 247 g/mol. The normalized spacial score (nSPS) is 9.38. The van der Waals surface area contributed by atoms with Crippen LogP contribution in [0, 0.1) is 0 Å². The SMILES string of the molecule is CCNCCNC(=O)c1cccc(Cl)c1.Cl. The van der Waals surface area contributed by atoms with Crippen LogP contribution in [0.15, 0.2) is 24.3 Å². The van der Waals surface area contributed by atoms with Gasteiger partial charge >= 0.3 is 0 Å². The monoisotopic (exact) mass is 262 g/mol. The van der Waals surface area contributed by atoms with Crippen LogP contribution in [0.3, 0.4) is 0 Å². The van der Waals surface area contributed by atoms with Crippen LogP contribution in [0.5, 0.6) is 0 Å². The Morgan fingerprint density at radius 2 is 2.12 bits per heavy atom. The molecule has 1 aromatic rings. The minimum Gasteiger partial charge on any atom is -0.351 e. The van der Waals surface area contributed by atoms with E-state index in [0.717, 1.165) is 13.1 Å².